The summed E-state index contributed by atoms with van der Waals surface area (Å²) in [5.41, 5.74) is 0. The molecule has 1 unspecified atom stereocenters. The van der Waals surface area contributed by atoms with Crippen LogP contribution in [0.1, 0.15) is 367 Å². The summed E-state index contributed by atoms with van der Waals surface area (Å²) >= 11 is 0. The number of carbonyl (C=O) groups excluding carboxylic acids is 3. The highest BCUT2D eigenvalue weighted by Gasteiger charge is 2.19. The molecule has 0 N–H and O–H groups in total. The van der Waals surface area contributed by atoms with Crippen molar-refractivity contribution in [1.29, 1.82) is 0 Å². The second-order valence-corrected chi connectivity index (χ2v) is 22.7. The number of hydrogen-bond donors (Lipinski definition) is 0. The molecule has 1 atom stereocenters. The van der Waals surface area contributed by atoms with Gasteiger partial charge in [0.25, 0.3) is 0 Å². The van der Waals surface area contributed by atoms with Crippen molar-refractivity contribution in [2.45, 2.75) is 374 Å². The Morgan fingerprint density at radius 3 is 0.680 bits per heavy atom. The molecule has 0 aromatic heterocycles. The molecule has 0 bridgehead atoms. The molecule has 6 heteroatoms. The van der Waals surface area contributed by atoms with Crippen LogP contribution in [0.5, 0.6) is 0 Å². The highest BCUT2D eigenvalue weighted by atomic mass is 16.6. The number of allylic oxidation sites excluding steroid dienone is 6. The molecule has 0 aliphatic rings. The van der Waals surface area contributed by atoms with Gasteiger partial charge in [0, 0.05) is 19.3 Å². The largest absolute Gasteiger partial charge is 0.462 e. The Balaban J connectivity index is 4.21. The third-order valence-electron chi connectivity index (χ3n) is 15.1. The van der Waals surface area contributed by atoms with Crippen LogP contribution in [0.25, 0.3) is 0 Å². The van der Waals surface area contributed by atoms with Gasteiger partial charge >= 0.3 is 17.9 Å². The van der Waals surface area contributed by atoms with E-state index in [-0.39, 0.29) is 31.1 Å². The molecular weight excluding hydrogens is 925 g/mol. The summed E-state index contributed by atoms with van der Waals surface area (Å²) < 4.78 is 16.9. The highest BCUT2D eigenvalue weighted by Crippen LogP contribution is 2.17. The van der Waals surface area contributed by atoms with E-state index in [1.807, 2.05) is 0 Å². The van der Waals surface area contributed by atoms with Gasteiger partial charge in [0.05, 0.1) is 0 Å². The molecule has 0 saturated carbocycles. The van der Waals surface area contributed by atoms with Crippen LogP contribution in [0.2, 0.25) is 0 Å². The first kappa shape index (κ1) is 72.6. The van der Waals surface area contributed by atoms with Crippen molar-refractivity contribution in [3.63, 3.8) is 0 Å². The predicted molar refractivity (Wildman–Crippen MR) is 326 cm³/mol. The monoisotopic (exact) mass is 1050 g/mol. The zero-order chi connectivity index (χ0) is 54.3. The standard InChI is InChI=1S/C69H128O6/c1-4-7-10-13-16-19-22-25-27-29-30-31-32-33-34-35-36-37-38-40-41-44-47-50-53-56-59-62-68(71)74-65-66(64-73-67(70)61-58-55-52-49-46-43-24-21-18-15-12-9-6-3)75-69(72)63-60-57-54-51-48-45-42-39-28-26-23-20-17-14-11-8-5-2/h21,24,26,28-30,66H,4-20,22-23,25,27,31-65H2,1-3H3/b24-21-,28-26-,30-29-. The second kappa shape index (κ2) is 64.2. The minimum atomic E-state index is -0.776. The van der Waals surface area contributed by atoms with Crippen molar-refractivity contribution in [2.75, 3.05) is 13.2 Å². The van der Waals surface area contributed by atoms with Crippen molar-refractivity contribution in [3.8, 4) is 0 Å². The van der Waals surface area contributed by atoms with Gasteiger partial charge in [-0.15, -0.1) is 0 Å². The van der Waals surface area contributed by atoms with E-state index in [2.05, 4.69) is 57.2 Å². The lowest BCUT2D eigenvalue weighted by atomic mass is 10.0. The van der Waals surface area contributed by atoms with Crippen LogP contribution in [0.3, 0.4) is 0 Å². The van der Waals surface area contributed by atoms with Gasteiger partial charge in [0.1, 0.15) is 13.2 Å². The van der Waals surface area contributed by atoms with Crippen LogP contribution < -0.4 is 0 Å². The number of unbranched alkanes of at least 4 members (excludes halogenated alkanes) is 45. The molecule has 0 amide bonds. The molecular formula is C69H128O6. The number of carbonyl (C=O) groups is 3. The Kier molecular flexibility index (Phi) is 62.1. The Hall–Kier alpha value is -2.37. The fourth-order valence-corrected chi connectivity index (χ4v) is 10.0. The molecule has 0 spiro atoms. The molecule has 75 heavy (non-hydrogen) atoms. The van der Waals surface area contributed by atoms with Gasteiger partial charge in [0.15, 0.2) is 6.10 Å². The van der Waals surface area contributed by atoms with Gasteiger partial charge < -0.3 is 14.2 Å². The Morgan fingerprint density at radius 1 is 0.253 bits per heavy atom. The molecule has 0 aliphatic carbocycles. The summed E-state index contributed by atoms with van der Waals surface area (Å²) in [4.78, 5) is 38.3. The quantitative estimate of drug-likeness (QED) is 0.0261. The average molecular weight is 1050 g/mol. The van der Waals surface area contributed by atoms with Crippen molar-refractivity contribution in [3.05, 3.63) is 36.5 Å². The minimum Gasteiger partial charge on any atom is -0.462 e. The molecule has 440 valence electrons. The van der Waals surface area contributed by atoms with Crippen LogP contribution >= 0.6 is 0 Å². The molecule has 0 aliphatic heterocycles. The van der Waals surface area contributed by atoms with Crippen molar-refractivity contribution in [2.24, 2.45) is 0 Å². The van der Waals surface area contributed by atoms with Crippen LogP contribution in [0, 0.1) is 0 Å². The SMILES string of the molecule is CCCCCC/C=C\CCCCCCCC(=O)OCC(COC(=O)CCCCCCCCCCCCCCCCC/C=C\CCCCCCCCCC)OC(=O)CCCCCCCCC/C=C\CCCCCCCC. The van der Waals surface area contributed by atoms with E-state index in [0.29, 0.717) is 19.3 Å². The van der Waals surface area contributed by atoms with E-state index < -0.39 is 6.10 Å². The summed E-state index contributed by atoms with van der Waals surface area (Å²) in [5, 5.41) is 0. The molecule has 0 heterocycles. The Labute approximate surface area is 467 Å². The Bertz CT molecular complexity index is 1250. The zero-order valence-corrected chi connectivity index (χ0v) is 50.6. The average Bonchev–Trinajstić information content (AvgIpc) is 3.41. The van der Waals surface area contributed by atoms with E-state index in [1.165, 1.54) is 263 Å². The van der Waals surface area contributed by atoms with Gasteiger partial charge in [-0.1, -0.05) is 288 Å². The second-order valence-electron chi connectivity index (χ2n) is 22.7. The van der Waals surface area contributed by atoms with Gasteiger partial charge in [-0.3, -0.25) is 14.4 Å². The molecule has 0 rings (SSSR count). The van der Waals surface area contributed by atoms with Crippen LogP contribution in [0.4, 0.5) is 0 Å². The number of hydrogen-bond acceptors (Lipinski definition) is 6. The maximum absolute atomic E-state index is 12.9. The summed E-state index contributed by atoms with van der Waals surface area (Å²) in [6.07, 6.45) is 78.8. The number of ether oxygens (including phenoxy) is 3. The van der Waals surface area contributed by atoms with Gasteiger partial charge in [-0.05, 0) is 96.3 Å². The lowest BCUT2D eigenvalue weighted by Crippen LogP contribution is -2.30. The summed E-state index contributed by atoms with van der Waals surface area (Å²) in [5.74, 6) is -0.864. The molecule has 0 aromatic carbocycles. The highest BCUT2D eigenvalue weighted by molar-refractivity contribution is 5.71. The number of rotatable bonds is 62. The van der Waals surface area contributed by atoms with Crippen molar-refractivity contribution in [1.82, 2.24) is 0 Å². The van der Waals surface area contributed by atoms with E-state index in [4.69, 9.17) is 14.2 Å². The molecule has 0 radical (unpaired) electrons. The summed E-state index contributed by atoms with van der Waals surface area (Å²) in [6.45, 7) is 6.67. The van der Waals surface area contributed by atoms with E-state index in [0.717, 1.165) is 64.2 Å². The zero-order valence-electron chi connectivity index (χ0n) is 50.6. The lowest BCUT2D eigenvalue weighted by molar-refractivity contribution is -0.167. The lowest BCUT2D eigenvalue weighted by Gasteiger charge is -2.18. The molecule has 0 aromatic rings. The fraction of sp³-hybridized carbons (Fsp3) is 0.870. The predicted octanol–water partition coefficient (Wildman–Crippen LogP) is 22.8. The number of esters is 3. The van der Waals surface area contributed by atoms with Gasteiger partial charge in [0.2, 0.25) is 0 Å². The van der Waals surface area contributed by atoms with Crippen molar-refractivity contribution >= 4 is 17.9 Å². The minimum absolute atomic E-state index is 0.0728. The van der Waals surface area contributed by atoms with Crippen LogP contribution in [0.15, 0.2) is 36.5 Å². The van der Waals surface area contributed by atoms with E-state index in [9.17, 15) is 14.4 Å². The van der Waals surface area contributed by atoms with Crippen molar-refractivity contribution < 1.29 is 28.6 Å². The summed E-state index contributed by atoms with van der Waals surface area (Å²) in [6, 6.07) is 0. The maximum Gasteiger partial charge on any atom is 0.306 e. The Morgan fingerprint density at radius 2 is 0.440 bits per heavy atom. The molecule has 0 fully saturated rings. The normalized spacial score (nSPS) is 12.2. The molecule has 0 saturated heterocycles. The maximum atomic E-state index is 12.9. The topological polar surface area (TPSA) is 78.9 Å². The first-order chi connectivity index (χ1) is 37.0. The van der Waals surface area contributed by atoms with E-state index in [1.54, 1.807) is 0 Å². The first-order valence-corrected chi connectivity index (χ1v) is 33.5. The van der Waals surface area contributed by atoms with Gasteiger partial charge in [-0.25, -0.2) is 0 Å². The fourth-order valence-electron chi connectivity index (χ4n) is 10.0. The van der Waals surface area contributed by atoms with E-state index >= 15 is 0 Å². The third kappa shape index (κ3) is 62.4. The van der Waals surface area contributed by atoms with Crippen LogP contribution in [-0.2, 0) is 28.6 Å². The summed E-state index contributed by atoms with van der Waals surface area (Å²) in [7, 11) is 0. The third-order valence-corrected chi connectivity index (χ3v) is 15.1. The first-order valence-electron chi connectivity index (χ1n) is 33.5. The van der Waals surface area contributed by atoms with Crippen LogP contribution in [-0.4, -0.2) is 37.2 Å². The molecule has 6 nitrogen and oxygen atoms in total. The van der Waals surface area contributed by atoms with Gasteiger partial charge in [-0.2, -0.15) is 0 Å². The smallest absolute Gasteiger partial charge is 0.306 e.